The summed E-state index contributed by atoms with van der Waals surface area (Å²) >= 11 is 0. The third kappa shape index (κ3) is 10.9. The molecule has 0 spiro atoms. The number of unbranched alkanes of at least 4 members (excludes halogenated alkanes) is 6. The largest absolute Gasteiger partial charge is 0.480 e. The van der Waals surface area contributed by atoms with Crippen LogP contribution in [-0.4, -0.2) is 91.1 Å². The summed E-state index contributed by atoms with van der Waals surface area (Å²) in [5.41, 5.74) is 16.6. The number of carbonyl (C=O) groups excluding carboxylic acids is 5. The summed E-state index contributed by atoms with van der Waals surface area (Å²) in [7, 11) is 1.84. The maximum absolute atomic E-state index is 13.1. The Labute approximate surface area is 346 Å². The van der Waals surface area contributed by atoms with Crippen LogP contribution in [0.15, 0.2) is 48.7 Å². The summed E-state index contributed by atoms with van der Waals surface area (Å²) in [6, 6.07) is 10.5. The van der Waals surface area contributed by atoms with Crippen molar-refractivity contribution in [2.24, 2.45) is 0 Å². The van der Waals surface area contributed by atoms with Crippen LogP contribution < -0.4 is 32.3 Å². The number of nitrogens with two attached hydrogens (primary N) is 2. The lowest BCUT2D eigenvalue weighted by molar-refractivity contribution is -0.140. The second kappa shape index (κ2) is 19.8. The fourth-order valence-electron chi connectivity index (χ4n) is 7.56. The highest BCUT2D eigenvalue weighted by Gasteiger charge is 2.39. The Kier molecular flexibility index (Phi) is 14.2. The lowest BCUT2D eigenvalue weighted by atomic mass is 9.98. The van der Waals surface area contributed by atoms with E-state index in [1.165, 1.54) is 0 Å². The molecule has 60 heavy (non-hydrogen) atoms. The van der Waals surface area contributed by atoms with Gasteiger partial charge in [0.1, 0.15) is 12.1 Å². The third-order valence-corrected chi connectivity index (χ3v) is 10.9. The van der Waals surface area contributed by atoms with Gasteiger partial charge in [0.25, 0.3) is 11.8 Å². The van der Waals surface area contributed by atoms with Crippen molar-refractivity contribution >= 4 is 64.1 Å². The summed E-state index contributed by atoms with van der Waals surface area (Å²) in [4.78, 5) is 94.6. The summed E-state index contributed by atoms with van der Waals surface area (Å²) in [5.74, 6) is -2.78. The lowest BCUT2D eigenvalue weighted by Crippen LogP contribution is -2.52. The van der Waals surface area contributed by atoms with E-state index in [1.807, 2.05) is 30.1 Å². The van der Waals surface area contributed by atoms with Crippen molar-refractivity contribution in [2.45, 2.75) is 102 Å². The molecule has 18 nitrogen and oxygen atoms in total. The number of carboxylic acid groups (broad SMARTS) is 1. The average Bonchev–Trinajstić information content (AvgIpc) is 3.56. The van der Waals surface area contributed by atoms with Crippen molar-refractivity contribution < 1.29 is 33.9 Å². The van der Waals surface area contributed by atoms with Gasteiger partial charge in [-0.1, -0.05) is 44.2 Å². The maximum atomic E-state index is 13.1. The van der Waals surface area contributed by atoms with Gasteiger partial charge in [0.05, 0.1) is 18.4 Å². The van der Waals surface area contributed by atoms with Crippen LogP contribution >= 0.6 is 0 Å². The van der Waals surface area contributed by atoms with Crippen LogP contribution in [-0.2, 0) is 38.7 Å². The van der Waals surface area contributed by atoms with E-state index >= 15 is 0 Å². The summed E-state index contributed by atoms with van der Waals surface area (Å²) < 4.78 is 0. The third-order valence-electron chi connectivity index (χ3n) is 10.9. The maximum Gasteiger partial charge on any atom is 0.326 e. The molecule has 8 N–H and O–H groups in total. The van der Waals surface area contributed by atoms with Crippen molar-refractivity contribution in [3.8, 4) is 0 Å². The molecule has 2 atom stereocenters. The zero-order valence-corrected chi connectivity index (χ0v) is 33.6. The molecule has 1 saturated heterocycles. The first-order valence-corrected chi connectivity index (χ1v) is 20.3. The molecule has 2 aliphatic heterocycles. The number of imide groups is 1. The zero-order valence-electron chi connectivity index (χ0n) is 33.6. The minimum Gasteiger partial charge on any atom is -0.480 e. The highest BCUT2D eigenvalue weighted by molar-refractivity contribution is 6.05. The normalized spacial score (nSPS) is 15.4. The van der Waals surface area contributed by atoms with Crippen LogP contribution in [0.1, 0.15) is 108 Å². The van der Waals surface area contributed by atoms with Gasteiger partial charge in [0.2, 0.25) is 23.7 Å². The minimum atomic E-state index is -1.23. The Morgan fingerprint density at radius 2 is 1.70 bits per heavy atom. The number of fused-ring (bicyclic) bond motifs is 2. The number of nitrogens with zero attached hydrogens (tertiary/aromatic N) is 6. The Morgan fingerprint density at radius 1 is 0.967 bits per heavy atom. The molecule has 1 unspecified atom stereocenters. The molecule has 316 valence electrons. The molecule has 4 heterocycles. The van der Waals surface area contributed by atoms with Gasteiger partial charge in [0.15, 0.2) is 17.0 Å². The van der Waals surface area contributed by atoms with Crippen molar-refractivity contribution in [1.82, 2.24) is 40.8 Å². The number of nitrogens with one attached hydrogen (secondary N) is 3. The highest BCUT2D eigenvalue weighted by Crippen LogP contribution is 2.31. The van der Waals surface area contributed by atoms with Gasteiger partial charge in [0, 0.05) is 49.8 Å². The van der Waals surface area contributed by atoms with E-state index in [9.17, 15) is 33.9 Å². The number of carbonyl (C=O) groups is 6. The van der Waals surface area contributed by atoms with Gasteiger partial charge < -0.3 is 37.0 Å². The lowest BCUT2D eigenvalue weighted by Gasteiger charge is -2.29. The number of rotatable bonds is 20. The molecule has 0 bridgehead atoms. The average molecular weight is 822 g/mol. The number of amides is 5. The van der Waals surface area contributed by atoms with E-state index < -0.39 is 29.9 Å². The Morgan fingerprint density at radius 3 is 2.43 bits per heavy atom. The number of hydrogen-bond donors (Lipinski definition) is 6. The van der Waals surface area contributed by atoms with Crippen molar-refractivity contribution in [1.29, 1.82) is 0 Å². The first-order valence-electron chi connectivity index (χ1n) is 20.3. The monoisotopic (exact) mass is 821 g/mol. The molecule has 6 rings (SSSR count). The van der Waals surface area contributed by atoms with Gasteiger partial charge in [-0.15, -0.1) is 0 Å². The number of aryl methyl sites for hydroxylation is 1. The molecule has 2 aliphatic rings. The smallest absolute Gasteiger partial charge is 0.326 e. The molecule has 18 heteroatoms. The topological polar surface area (TPSA) is 269 Å². The summed E-state index contributed by atoms with van der Waals surface area (Å²) in [5, 5.41) is 17.5. The van der Waals surface area contributed by atoms with E-state index in [0.717, 1.165) is 68.2 Å². The fourth-order valence-corrected chi connectivity index (χ4v) is 7.56. The Balaban J connectivity index is 0.831. The minimum absolute atomic E-state index is 0.0117. The number of anilines is 3. The number of aromatic nitrogens is 4. The van der Waals surface area contributed by atoms with Crippen LogP contribution in [0.25, 0.3) is 11.2 Å². The molecule has 0 radical (unpaired) electrons. The van der Waals surface area contributed by atoms with E-state index in [-0.39, 0.29) is 54.3 Å². The van der Waals surface area contributed by atoms with Gasteiger partial charge in [-0.05, 0) is 73.6 Å². The highest BCUT2D eigenvalue weighted by atomic mass is 16.4. The van der Waals surface area contributed by atoms with Gasteiger partial charge in [-0.3, -0.25) is 29.3 Å². The van der Waals surface area contributed by atoms with E-state index in [1.54, 1.807) is 35.4 Å². The second-order valence-corrected chi connectivity index (χ2v) is 15.2. The fraction of sp³-hybridized carbons (Fsp3) is 0.429. The molecule has 2 aromatic heterocycles. The molecule has 0 aliphatic carbocycles. The van der Waals surface area contributed by atoms with Gasteiger partial charge >= 0.3 is 5.97 Å². The molecule has 2 aromatic carbocycles. The molecule has 0 saturated carbocycles. The number of benzene rings is 2. The van der Waals surface area contributed by atoms with Crippen molar-refractivity contribution in [3.63, 3.8) is 0 Å². The van der Waals surface area contributed by atoms with Gasteiger partial charge in [-0.2, -0.15) is 9.97 Å². The van der Waals surface area contributed by atoms with Crippen molar-refractivity contribution in [2.75, 3.05) is 30.0 Å². The SMILES string of the molecule is CN(Cc1cnc2nc(N)nc(N)c2n1)c1ccc(C(=O)N[C@@H](CCC(=O)NCCCCCCCCCc2cccc3c2CN(C2CCC(=O)NC2=O)C3=O)C(=O)O)cc1. The molecule has 1 fully saturated rings. The number of aliphatic carboxylic acids is 1. The second-order valence-electron chi connectivity index (χ2n) is 15.2. The number of hydrogen-bond acceptors (Lipinski definition) is 13. The molecular formula is C42H51N11O7. The molecule has 4 aromatic rings. The van der Waals surface area contributed by atoms with Crippen LogP contribution in [0.3, 0.4) is 0 Å². The first kappa shape index (κ1) is 42.9. The van der Waals surface area contributed by atoms with Crippen LogP contribution in [0.5, 0.6) is 0 Å². The number of nitrogen functional groups attached to an aromatic ring is 2. The Hall–Kier alpha value is -6.72. The quantitative estimate of drug-likeness (QED) is 0.0553. The van der Waals surface area contributed by atoms with E-state index in [4.69, 9.17) is 11.5 Å². The number of piperidine rings is 1. The molecular weight excluding hydrogens is 771 g/mol. The summed E-state index contributed by atoms with van der Waals surface area (Å²) in [6.07, 6.45) is 9.82. The van der Waals surface area contributed by atoms with E-state index in [2.05, 4.69) is 35.9 Å². The predicted octanol–water partition coefficient (Wildman–Crippen LogP) is 3.03. The van der Waals surface area contributed by atoms with E-state index in [0.29, 0.717) is 48.5 Å². The molecule has 5 amide bonds. The van der Waals surface area contributed by atoms with Gasteiger partial charge in [-0.25, -0.2) is 14.8 Å². The van der Waals surface area contributed by atoms with Crippen LogP contribution in [0.4, 0.5) is 17.5 Å². The summed E-state index contributed by atoms with van der Waals surface area (Å²) in [6.45, 7) is 1.24. The first-order chi connectivity index (χ1) is 28.9. The zero-order chi connectivity index (χ0) is 42.8. The van der Waals surface area contributed by atoms with Crippen LogP contribution in [0.2, 0.25) is 0 Å². The standard InChI is InChI=1S/C42H51N11O7/c1-52(23-27-22-46-37-35(47-27)36(43)50-42(44)51-37)28-15-13-26(14-16-28)38(56)48-31(41(59)60)17-19-33(54)45-21-8-6-4-2-3-5-7-10-25-11-9-12-29-30(25)24-53(40(29)58)32-18-20-34(55)49-39(32)57/h9,11-16,22,31-32H,2-8,10,17-21,23-24H2,1H3,(H,45,54)(H,48,56)(H,59,60)(H,49,55,57)(H4,43,44,46,50,51)/t31-,32?/m0/s1. The Bertz CT molecular complexity index is 2250. The van der Waals surface area contributed by atoms with Crippen molar-refractivity contribution in [3.05, 3.63) is 76.6 Å². The van der Waals surface area contributed by atoms with Crippen LogP contribution in [0, 0.1) is 0 Å². The predicted molar refractivity (Wildman–Crippen MR) is 222 cm³/mol. The number of carboxylic acids is 1.